The van der Waals surface area contributed by atoms with Gasteiger partial charge in [-0.15, -0.1) is 11.3 Å². The lowest BCUT2D eigenvalue weighted by molar-refractivity contribution is -0.117. The first-order valence-electron chi connectivity index (χ1n) is 11.6. The Morgan fingerprint density at radius 1 is 1.34 bits per heavy atom. The van der Waals surface area contributed by atoms with E-state index in [0.29, 0.717) is 47.6 Å². The molecule has 0 aromatic carbocycles. The molecule has 3 aromatic heterocycles. The molecule has 12 heteroatoms. The van der Waals surface area contributed by atoms with E-state index in [1.165, 1.54) is 11.3 Å². The molecule has 0 bridgehead atoms. The van der Waals surface area contributed by atoms with E-state index < -0.39 is 12.3 Å². The highest BCUT2D eigenvalue weighted by molar-refractivity contribution is 7.17. The van der Waals surface area contributed by atoms with Crippen molar-refractivity contribution in [2.24, 2.45) is 0 Å². The zero-order valence-electron chi connectivity index (χ0n) is 19.2. The van der Waals surface area contributed by atoms with Crippen LogP contribution in [-0.4, -0.2) is 63.7 Å². The Balaban J connectivity index is 1.42. The number of anilines is 1. The predicted molar refractivity (Wildman–Crippen MR) is 132 cm³/mol. The van der Waals surface area contributed by atoms with Crippen molar-refractivity contribution in [2.45, 2.75) is 38.6 Å². The van der Waals surface area contributed by atoms with E-state index in [4.69, 9.17) is 9.72 Å². The summed E-state index contributed by atoms with van der Waals surface area (Å²) in [4.78, 5) is 30.8. The predicted octanol–water partition coefficient (Wildman–Crippen LogP) is 1.52. The molecule has 3 aromatic rings. The van der Waals surface area contributed by atoms with Gasteiger partial charge in [-0.05, 0) is 37.5 Å². The van der Waals surface area contributed by atoms with Gasteiger partial charge in [-0.3, -0.25) is 9.59 Å². The topological polar surface area (TPSA) is 142 Å². The fraction of sp³-hybridized carbons (Fsp3) is 0.391. The molecule has 2 fully saturated rings. The summed E-state index contributed by atoms with van der Waals surface area (Å²) in [7, 11) is 0. The molecule has 5 rings (SSSR count). The van der Waals surface area contributed by atoms with Crippen molar-refractivity contribution < 1.29 is 19.4 Å². The van der Waals surface area contributed by atoms with Crippen molar-refractivity contribution >= 4 is 40.7 Å². The van der Waals surface area contributed by atoms with Gasteiger partial charge in [0.15, 0.2) is 5.65 Å². The molecule has 1 saturated carbocycles. The van der Waals surface area contributed by atoms with Gasteiger partial charge in [-0.1, -0.05) is 6.92 Å². The highest BCUT2D eigenvalue weighted by Crippen LogP contribution is 2.32. The number of carbonyl (C=O) groups excluding carboxylic acids is 2. The van der Waals surface area contributed by atoms with Crippen LogP contribution in [0.4, 0.5) is 5.82 Å². The monoisotopic (exact) mass is 497 g/mol. The molecule has 5 N–H and O–H groups in total. The maximum absolute atomic E-state index is 12.5. The maximum atomic E-state index is 12.5. The first kappa shape index (κ1) is 23.3. The average Bonchev–Trinajstić information content (AvgIpc) is 3.22. The number of ether oxygens (including phenoxy) is 1. The molecule has 1 atom stereocenters. The van der Waals surface area contributed by atoms with Crippen LogP contribution in [-0.2, 0) is 9.53 Å². The zero-order valence-corrected chi connectivity index (χ0v) is 20.0. The molecule has 2 aliphatic rings. The molecule has 0 spiro atoms. The third-order valence-electron chi connectivity index (χ3n) is 5.50. The molecule has 1 unspecified atom stereocenters. The second-order valence-corrected chi connectivity index (χ2v) is 9.47. The van der Waals surface area contributed by atoms with E-state index in [-0.39, 0.29) is 11.6 Å². The van der Waals surface area contributed by atoms with Crippen LogP contribution in [0.2, 0.25) is 0 Å². The van der Waals surface area contributed by atoms with Crippen molar-refractivity contribution in [3.63, 3.8) is 0 Å². The Hall–Kier alpha value is -3.48. The Morgan fingerprint density at radius 3 is 2.94 bits per heavy atom. The standard InChI is InChI=1S/C23H27N7O4S/c1-2-8-34-9-7-24-22(32)18-6-5-17(35-18)15-11-19(26-14-3-4-14)30-20(27-15)13(12-25-30)10-16-21(31)29-23(33)28-16/h5-6,10-12,14,23,26,28,33H,2-4,7-9H2,1H3,(H,24,32)(H,29,31)/b16-10-. The number of nitrogens with one attached hydrogen (secondary N) is 4. The van der Waals surface area contributed by atoms with Crippen LogP contribution in [0.3, 0.4) is 0 Å². The van der Waals surface area contributed by atoms with Gasteiger partial charge in [-0.2, -0.15) is 9.61 Å². The molecular weight excluding hydrogens is 470 g/mol. The van der Waals surface area contributed by atoms with Gasteiger partial charge in [0.1, 0.15) is 11.5 Å². The van der Waals surface area contributed by atoms with E-state index in [1.807, 2.05) is 19.1 Å². The van der Waals surface area contributed by atoms with Crippen molar-refractivity contribution in [3.05, 3.63) is 40.5 Å². The van der Waals surface area contributed by atoms with Crippen molar-refractivity contribution in [3.8, 4) is 10.6 Å². The molecule has 1 aliphatic heterocycles. The zero-order chi connectivity index (χ0) is 24.4. The van der Waals surface area contributed by atoms with Gasteiger partial charge in [-0.25, -0.2) is 4.98 Å². The summed E-state index contributed by atoms with van der Waals surface area (Å²) in [5, 5.41) is 25.5. The van der Waals surface area contributed by atoms with Gasteiger partial charge in [0, 0.05) is 30.8 Å². The fourth-order valence-electron chi connectivity index (χ4n) is 3.63. The average molecular weight is 498 g/mol. The van der Waals surface area contributed by atoms with E-state index >= 15 is 0 Å². The van der Waals surface area contributed by atoms with E-state index in [9.17, 15) is 14.7 Å². The number of aromatic nitrogens is 3. The summed E-state index contributed by atoms with van der Waals surface area (Å²) < 4.78 is 7.12. The smallest absolute Gasteiger partial charge is 0.270 e. The third-order valence-corrected chi connectivity index (χ3v) is 6.60. The number of nitrogens with zero attached hydrogens (tertiary/aromatic N) is 3. The van der Waals surface area contributed by atoms with Gasteiger partial charge < -0.3 is 31.1 Å². The van der Waals surface area contributed by atoms with Crippen molar-refractivity contribution in [2.75, 3.05) is 25.1 Å². The number of carbonyl (C=O) groups is 2. The largest absolute Gasteiger partial charge is 0.380 e. The first-order valence-corrected chi connectivity index (χ1v) is 12.4. The number of hydrogen-bond donors (Lipinski definition) is 5. The summed E-state index contributed by atoms with van der Waals surface area (Å²) in [6.07, 6.45) is 5.23. The van der Waals surface area contributed by atoms with E-state index in [1.54, 1.807) is 22.9 Å². The minimum Gasteiger partial charge on any atom is -0.380 e. The molecule has 0 radical (unpaired) electrons. The lowest BCUT2D eigenvalue weighted by atomic mass is 10.2. The Labute approximate surface area is 205 Å². The molecule has 1 aliphatic carbocycles. The second-order valence-electron chi connectivity index (χ2n) is 8.39. The summed E-state index contributed by atoms with van der Waals surface area (Å²) in [6, 6.07) is 5.97. The molecule has 4 heterocycles. The number of hydrogen-bond acceptors (Lipinski definition) is 9. The van der Waals surface area contributed by atoms with Crippen LogP contribution in [0.5, 0.6) is 0 Å². The first-order chi connectivity index (χ1) is 17.0. The number of amides is 2. The van der Waals surface area contributed by atoms with Crippen LogP contribution >= 0.6 is 11.3 Å². The quantitative estimate of drug-likeness (QED) is 0.210. The van der Waals surface area contributed by atoms with Gasteiger partial charge in [0.25, 0.3) is 11.8 Å². The molecular formula is C23H27N7O4S. The van der Waals surface area contributed by atoms with Crippen LogP contribution in [0.25, 0.3) is 22.3 Å². The van der Waals surface area contributed by atoms with Crippen LogP contribution in [0, 0.1) is 0 Å². The maximum Gasteiger partial charge on any atom is 0.270 e. The summed E-state index contributed by atoms with van der Waals surface area (Å²) >= 11 is 1.36. The number of thiophene rings is 1. The summed E-state index contributed by atoms with van der Waals surface area (Å²) in [5.74, 6) is 0.234. The van der Waals surface area contributed by atoms with E-state index in [0.717, 1.165) is 30.0 Å². The lowest BCUT2D eigenvalue weighted by Gasteiger charge is -2.09. The Bertz CT molecular complexity index is 1280. The molecule has 2 amide bonds. The van der Waals surface area contributed by atoms with E-state index in [2.05, 4.69) is 26.4 Å². The minimum absolute atomic E-state index is 0.148. The van der Waals surface area contributed by atoms with Gasteiger partial charge in [0.2, 0.25) is 6.35 Å². The summed E-state index contributed by atoms with van der Waals surface area (Å²) in [5.41, 5.74) is 2.11. The van der Waals surface area contributed by atoms with Crippen molar-refractivity contribution in [1.82, 2.24) is 30.5 Å². The summed E-state index contributed by atoms with van der Waals surface area (Å²) in [6.45, 7) is 3.66. The molecule has 184 valence electrons. The highest BCUT2D eigenvalue weighted by Gasteiger charge is 2.25. The second kappa shape index (κ2) is 10.0. The highest BCUT2D eigenvalue weighted by atomic mass is 32.1. The minimum atomic E-state index is -1.12. The van der Waals surface area contributed by atoms with Crippen LogP contribution in [0.15, 0.2) is 30.1 Å². The Morgan fingerprint density at radius 2 is 2.20 bits per heavy atom. The van der Waals surface area contributed by atoms with Gasteiger partial charge in [0.05, 0.1) is 28.3 Å². The Kier molecular flexibility index (Phi) is 6.66. The number of aliphatic hydroxyl groups excluding tert-OH is 1. The van der Waals surface area contributed by atoms with Crippen LogP contribution in [0.1, 0.15) is 41.4 Å². The third kappa shape index (κ3) is 5.29. The lowest BCUT2D eigenvalue weighted by Crippen LogP contribution is -2.30. The fourth-order valence-corrected chi connectivity index (χ4v) is 4.51. The van der Waals surface area contributed by atoms with Crippen molar-refractivity contribution in [1.29, 1.82) is 0 Å². The molecule has 11 nitrogen and oxygen atoms in total. The number of rotatable bonds is 10. The normalized spacial score (nSPS) is 18.6. The number of aliphatic hydroxyl groups is 1. The van der Waals surface area contributed by atoms with Crippen LogP contribution < -0.4 is 21.3 Å². The molecule has 1 saturated heterocycles. The number of fused-ring (bicyclic) bond motifs is 1. The molecule has 35 heavy (non-hydrogen) atoms. The van der Waals surface area contributed by atoms with Gasteiger partial charge >= 0.3 is 0 Å². The SMILES string of the molecule is CCCOCCNC(=O)c1ccc(-c2cc(NC3CC3)n3ncc(/C=C4\NC(O)NC4=O)c3n2)s1.